The lowest BCUT2D eigenvalue weighted by molar-refractivity contribution is -0.119. The van der Waals surface area contributed by atoms with Crippen LogP contribution in [0.2, 0.25) is 0 Å². The Bertz CT molecular complexity index is 821. The molecule has 0 aliphatic carbocycles. The van der Waals surface area contributed by atoms with Crippen molar-refractivity contribution in [1.29, 1.82) is 0 Å². The van der Waals surface area contributed by atoms with Crippen LogP contribution in [0.4, 0.5) is 5.69 Å². The quantitative estimate of drug-likeness (QED) is 0.509. The predicted molar refractivity (Wildman–Crippen MR) is 126 cm³/mol. The fourth-order valence-corrected chi connectivity index (χ4v) is 3.16. The van der Waals surface area contributed by atoms with Gasteiger partial charge in [0, 0.05) is 30.8 Å². The zero-order chi connectivity index (χ0) is 21.8. The van der Waals surface area contributed by atoms with Gasteiger partial charge in [0.05, 0.1) is 0 Å². The fourth-order valence-electron chi connectivity index (χ4n) is 2.93. The molecule has 0 aliphatic heterocycles. The highest BCUT2D eigenvalue weighted by Gasteiger charge is 2.08. The van der Waals surface area contributed by atoms with Crippen molar-refractivity contribution in [2.45, 2.75) is 26.7 Å². The summed E-state index contributed by atoms with van der Waals surface area (Å²) in [6.45, 7) is 7.58. The van der Waals surface area contributed by atoms with Crippen LogP contribution in [0, 0.1) is 0 Å². The van der Waals surface area contributed by atoms with Crippen molar-refractivity contribution >= 4 is 34.8 Å². The number of hydrogen-bond donors (Lipinski definition) is 3. The standard InChI is InChI=1S/C23H30N4O2S/c1-3-27(4-2)17-16-24-22(29)19-11-13-20(14-12-19)25-23(30)26-21(28)15-10-18-8-6-5-7-9-18/h5-9,11-14H,3-4,10,15-17H2,1-2H3,(H,24,29)(H2,25,26,28,30). The molecule has 30 heavy (non-hydrogen) atoms. The topological polar surface area (TPSA) is 73.5 Å². The number of nitrogens with one attached hydrogen (secondary N) is 3. The van der Waals surface area contributed by atoms with Crippen molar-refractivity contribution in [3.05, 3.63) is 65.7 Å². The molecule has 0 aromatic heterocycles. The summed E-state index contributed by atoms with van der Waals surface area (Å²) < 4.78 is 0. The van der Waals surface area contributed by atoms with Crippen LogP contribution < -0.4 is 16.0 Å². The van der Waals surface area contributed by atoms with E-state index in [1.807, 2.05) is 30.3 Å². The Hall–Kier alpha value is -2.77. The maximum absolute atomic E-state index is 12.2. The van der Waals surface area contributed by atoms with Gasteiger partial charge in [0.2, 0.25) is 5.91 Å². The molecule has 0 fully saturated rings. The molecule has 6 nitrogen and oxygen atoms in total. The van der Waals surface area contributed by atoms with E-state index in [4.69, 9.17) is 12.2 Å². The second kappa shape index (κ2) is 12.7. The molecule has 7 heteroatoms. The van der Waals surface area contributed by atoms with Crippen molar-refractivity contribution < 1.29 is 9.59 Å². The Balaban J connectivity index is 1.74. The smallest absolute Gasteiger partial charge is 0.251 e. The minimum absolute atomic E-state index is 0.106. The first-order chi connectivity index (χ1) is 14.5. The minimum atomic E-state index is -0.138. The third-order valence-electron chi connectivity index (χ3n) is 4.75. The van der Waals surface area contributed by atoms with Crippen molar-refractivity contribution in [3.8, 4) is 0 Å². The number of hydrogen-bond acceptors (Lipinski definition) is 4. The van der Waals surface area contributed by atoms with Crippen LogP contribution in [0.25, 0.3) is 0 Å². The normalized spacial score (nSPS) is 10.5. The Labute approximate surface area is 184 Å². The molecule has 0 saturated heterocycles. The zero-order valence-electron chi connectivity index (χ0n) is 17.6. The molecule has 0 radical (unpaired) electrons. The van der Waals surface area contributed by atoms with Gasteiger partial charge < -0.3 is 20.9 Å². The second-order valence-corrected chi connectivity index (χ2v) is 7.26. The number of likely N-dealkylation sites (N-methyl/N-ethyl adjacent to an activating group) is 1. The number of aryl methyl sites for hydroxylation is 1. The fraction of sp³-hybridized carbons (Fsp3) is 0.348. The zero-order valence-corrected chi connectivity index (χ0v) is 18.4. The number of nitrogens with zero attached hydrogens (tertiary/aromatic N) is 1. The highest BCUT2D eigenvalue weighted by atomic mass is 32.1. The molecule has 0 saturated carbocycles. The molecule has 0 bridgehead atoms. The SMILES string of the molecule is CCN(CC)CCNC(=O)c1ccc(NC(=S)NC(=O)CCc2ccccc2)cc1. The highest BCUT2D eigenvalue weighted by molar-refractivity contribution is 7.80. The van der Waals surface area contributed by atoms with Crippen LogP contribution in [-0.4, -0.2) is 48.0 Å². The maximum atomic E-state index is 12.2. The summed E-state index contributed by atoms with van der Waals surface area (Å²) >= 11 is 5.21. The number of benzene rings is 2. The Morgan fingerprint density at radius 1 is 0.967 bits per heavy atom. The predicted octanol–water partition coefficient (Wildman–Crippen LogP) is 3.20. The van der Waals surface area contributed by atoms with Gasteiger partial charge in [0.1, 0.15) is 0 Å². The van der Waals surface area contributed by atoms with Gasteiger partial charge in [0.15, 0.2) is 5.11 Å². The summed E-state index contributed by atoms with van der Waals surface area (Å²) in [6, 6.07) is 16.8. The Morgan fingerprint density at radius 3 is 2.27 bits per heavy atom. The van der Waals surface area contributed by atoms with Crippen molar-refractivity contribution in [3.63, 3.8) is 0 Å². The number of carbonyl (C=O) groups excluding carboxylic acids is 2. The molecule has 0 heterocycles. The first-order valence-electron chi connectivity index (χ1n) is 10.3. The third-order valence-corrected chi connectivity index (χ3v) is 4.95. The number of anilines is 1. The van der Waals surface area contributed by atoms with Crippen LogP contribution >= 0.6 is 12.2 Å². The average molecular weight is 427 g/mol. The van der Waals surface area contributed by atoms with Crippen molar-refractivity contribution in [1.82, 2.24) is 15.5 Å². The van der Waals surface area contributed by atoms with E-state index < -0.39 is 0 Å². The molecule has 160 valence electrons. The van der Waals surface area contributed by atoms with Crippen LogP contribution in [0.3, 0.4) is 0 Å². The first-order valence-corrected chi connectivity index (χ1v) is 10.7. The van der Waals surface area contributed by atoms with E-state index >= 15 is 0 Å². The van der Waals surface area contributed by atoms with Gasteiger partial charge in [-0.25, -0.2) is 0 Å². The largest absolute Gasteiger partial charge is 0.351 e. The first kappa shape index (κ1) is 23.5. The van der Waals surface area contributed by atoms with Gasteiger partial charge >= 0.3 is 0 Å². The molecule has 0 atom stereocenters. The number of carbonyl (C=O) groups is 2. The average Bonchev–Trinajstić information content (AvgIpc) is 2.76. The molecular formula is C23H30N4O2S. The summed E-state index contributed by atoms with van der Waals surface area (Å²) in [5.74, 6) is -0.244. The summed E-state index contributed by atoms with van der Waals surface area (Å²) in [5.41, 5.74) is 2.40. The second-order valence-electron chi connectivity index (χ2n) is 6.85. The lowest BCUT2D eigenvalue weighted by Gasteiger charge is -2.18. The van der Waals surface area contributed by atoms with E-state index in [-0.39, 0.29) is 16.9 Å². The molecule has 0 unspecified atom stereocenters. The molecule has 2 amide bonds. The summed E-state index contributed by atoms with van der Waals surface area (Å²) in [6.07, 6.45) is 1.02. The van der Waals surface area contributed by atoms with Gasteiger partial charge in [-0.1, -0.05) is 44.2 Å². The minimum Gasteiger partial charge on any atom is -0.351 e. The third kappa shape index (κ3) is 8.31. The van der Waals surface area contributed by atoms with Gasteiger partial charge in [0.25, 0.3) is 5.91 Å². The Kier molecular flexibility index (Phi) is 9.97. The van der Waals surface area contributed by atoms with Crippen molar-refractivity contribution in [2.75, 3.05) is 31.5 Å². The van der Waals surface area contributed by atoms with E-state index in [2.05, 4.69) is 34.7 Å². The van der Waals surface area contributed by atoms with Crippen LogP contribution in [-0.2, 0) is 11.2 Å². The molecule has 0 aliphatic rings. The molecule has 0 spiro atoms. The van der Waals surface area contributed by atoms with Gasteiger partial charge in [-0.15, -0.1) is 0 Å². The van der Waals surface area contributed by atoms with Crippen LogP contribution in [0.1, 0.15) is 36.2 Å². The molecular weight excluding hydrogens is 396 g/mol. The maximum Gasteiger partial charge on any atom is 0.251 e. The van der Waals surface area contributed by atoms with Gasteiger partial charge in [-0.2, -0.15) is 0 Å². The van der Waals surface area contributed by atoms with E-state index in [9.17, 15) is 9.59 Å². The highest BCUT2D eigenvalue weighted by Crippen LogP contribution is 2.10. The molecule has 2 rings (SSSR count). The van der Waals surface area contributed by atoms with Gasteiger partial charge in [-0.05, 0) is 61.6 Å². The Morgan fingerprint density at radius 2 is 1.63 bits per heavy atom. The number of rotatable bonds is 10. The van der Waals surface area contributed by atoms with Crippen LogP contribution in [0.15, 0.2) is 54.6 Å². The number of thiocarbonyl (C=S) groups is 1. The van der Waals surface area contributed by atoms with E-state index in [0.29, 0.717) is 30.6 Å². The molecule has 3 N–H and O–H groups in total. The summed E-state index contributed by atoms with van der Waals surface area (Å²) in [5, 5.41) is 8.82. The van der Waals surface area contributed by atoms with E-state index in [0.717, 1.165) is 25.2 Å². The lowest BCUT2D eigenvalue weighted by atomic mass is 10.1. The van der Waals surface area contributed by atoms with E-state index in [1.54, 1.807) is 24.3 Å². The monoisotopic (exact) mass is 426 g/mol. The van der Waals surface area contributed by atoms with E-state index in [1.165, 1.54) is 0 Å². The lowest BCUT2D eigenvalue weighted by Crippen LogP contribution is -2.35. The summed E-state index contributed by atoms with van der Waals surface area (Å²) in [7, 11) is 0. The molecule has 2 aromatic carbocycles. The van der Waals surface area contributed by atoms with Crippen LogP contribution in [0.5, 0.6) is 0 Å². The van der Waals surface area contributed by atoms with Gasteiger partial charge in [-0.3, -0.25) is 9.59 Å². The summed E-state index contributed by atoms with van der Waals surface area (Å²) in [4.78, 5) is 26.5. The van der Waals surface area contributed by atoms with Crippen molar-refractivity contribution in [2.24, 2.45) is 0 Å². The molecule has 2 aromatic rings. The number of amides is 2.